The highest BCUT2D eigenvalue weighted by Gasteiger charge is 2.31. The van der Waals surface area contributed by atoms with Crippen molar-refractivity contribution in [3.63, 3.8) is 0 Å². The Kier molecular flexibility index (Phi) is 5.65. The predicted octanol–water partition coefficient (Wildman–Crippen LogP) is 3.49. The Hall–Kier alpha value is -0.820. The van der Waals surface area contributed by atoms with Crippen molar-refractivity contribution < 1.29 is 5.11 Å². The van der Waals surface area contributed by atoms with Crippen molar-refractivity contribution in [3.8, 4) is 11.8 Å². The van der Waals surface area contributed by atoms with Gasteiger partial charge in [0.2, 0.25) is 0 Å². The van der Waals surface area contributed by atoms with Gasteiger partial charge in [0.05, 0.1) is 0 Å². The lowest BCUT2D eigenvalue weighted by molar-refractivity contribution is 0.0915. The van der Waals surface area contributed by atoms with E-state index in [0.717, 1.165) is 12.1 Å². The first-order valence-electron chi connectivity index (χ1n) is 7.61. The topological polar surface area (TPSA) is 23.5 Å². The van der Waals surface area contributed by atoms with Crippen molar-refractivity contribution in [3.05, 3.63) is 21.9 Å². The van der Waals surface area contributed by atoms with Crippen LogP contribution in [0.3, 0.4) is 0 Å². The minimum atomic E-state index is -0.0621. The number of rotatable bonds is 4. The van der Waals surface area contributed by atoms with Crippen molar-refractivity contribution in [2.24, 2.45) is 5.41 Å². The maximum Gasteiger partial charge on any atom is 0.104 e. The quantitative estimate of drug-likeness (QED) is 0.858. The molecular weight excluding hydrogens is 266 g/mol. The van der Waals surface area contributed by atoms with E-state index in [0.29, 0.717) is 5.41 Å². The summed E-state index contributed by atoms with van der Waals surface area (Å²) in [6.45, 7) is 8.10. The SMILES string of the molecule is CCC1(CC)CCN(Cc2cc(C#CCO)cs2)CC1. The molecule has 0 unspecified atom stereocenters. The van der Waals surface area contributed by atoms with Gasteiger partial charge in [-0.15, -0.1) is 11.3 Å². The molecule has 0 aromatic carbocycles. The predicted molar refractivity (Wildman–Crippen MR) is 85.8 cm³/mol. The van der Waals surface area contributed by atoms with E-state index in [1.807, 2.05) is 0 Å². The lowest BCUT2D eigenvalue weighted by atomic mass is 9.74. The summed E-state index contributed by atoms with van der Waals surface area (Å²) >= 11 is 1.78. The molecule has 1 aromatic heterocycles. The van der Waals surface area contributed by atoms with Gasteiger partial charge in [-0.1, -0.05) is 38.5 Å². The molecule has 2 nitrogen and oxygen atoms in total. The second kappa shape index (κ2) is 7.26. The van der Waals surface area contributed by atoms with Crippen molar-refractivity contribution in [1.82, 2.24) is 4.90 Å². The maximum atomic E-state index is 8.71. The smallest absolute Gasteiger partial charge is 0.104 e. The summed E-state index contributed by atoms with van der Waals surface area (Å²) in [5, 5.41) is 10.8. The second-order valence-electron chi connectivity index (χ2n) is 5.74. The van der Waals surface area contributed by atoms with E-state index in [-0.39, 0.29) is 6.61 Å². The molecule has 2 rings (SSSR count). The Morgan fingerprint density at radius 3 is 2.60 bits per heavy atom. The van der Waals surface area contributed by atoms with Gasteiger partial charge in [0, 0.05) is 22.4 Å². The van der Waals surface area contributed by atoms with Crippen LogP contribution in [0.25, 0.3) is 0 Å². The lowest BCUT2D eigenvalue weighted by Crippen LogP contribution is -2.39. The largest absolute Gasteiger partial charge is 0.384 e. The highest BCUT2D eigenvalue weighted by Crippen LogP contribution is 2.38. The molecule has 0 atom stereocenters. The standard InChI is InChI=1S/C17H25NOS/c1-3-17(4-2)7-9-18(10-8-17)13-16-12-15(14-20-16)6-5-11-19/h12,14,19H,3-4,7-11,13H2,1-2H3. The lowest BCUT2D eigenvalue weighted by Gasteiger charge is -2.40. The fourth-order valence-electron chi connectivity index (χ4n) is 3.03. The molecule has 0 spiro atoms. The summed E-state index contributed by atoms with van der Waals surface area (Å²) in [6, 6.07) is 2.16. The van der Waals surface area contributed by atoms with Crippen molar-refractivity contribution in [1.29, 1.82) is 0 Å². The monoisotopic (exact) mass is 291 g/mol. The molecule has 0 radical (unpaired) electrons. The fourth-order valence-corrected chi connectivity index (χ4v) is 3.89. The van der Waals surface area contributed by atoms with Crippen molar-refractivity contribution in [2.45, 2.75) is 46.1 Å². The van der Waals surface area contributed by atoms with Crippen LogP contribution < -0.4 is 0 Å². The molecule has 1 fully saturated rings. The zero-order valence-electron chi connectivity index (χ0n) is 12.6. The van der Waals surface area contributed by atoms with Crippen LogP contribution in [0.1, 0.15) is 50.0 Å². The molecule has 110 valence electrons. The minimum absolute atomic E-state index is 0.0621. The Morgan fingerprint density at radius 2 is 2.00 bits per heavy atom. The summed E-state index contributed by atoms with van der Waals surface area (Å²) < 4.78 is 0. The number of hydrogen-bond acceptors (Lipinski definition) is 3. The second-order valence-corrected chi connectivity index (χ2v) is 6.74. The van der Waals surface area contributed by atoms with Crippen LogP contribution in [0.5, 0.6) is 0 Å². The van der Waals surface area contributed by atoms with Crippen LogP contribution in [0.2, 0.25) is 0 Å². The zero-order chi connectivity index (χ0) is 14.4. The molecule has 0 aliphatic carbocycles. The molecule has 2 heterocycles. The molecule has 0 amide bonds. The molecule has 1 saturated heterocycles. The number of hydrogen-bond donors (Lipinski definition) is 1. The minimum Gasteiger partial charge on any atom is -0.384 e. The number of thiophene rings is 1. The van der Waals surface area contributed by atoms with Crippen LogP contribution in [-0.4, -0.2) is 29.7 Å². The Morgan fingerprint density at radius 1 is 1.30 bits per heavy atom. The summed E-state index contributed by atoms with van der Waals surface area (Å²) in [4.78, 5) is 3.95. The highest BCUT2D eigenvalue weighted by molar-refractivity contribution is 7.10. The van der Waals surface area contributed by atoms with Gasteiger partial charge in [-0.25, -0.2) is 0 Å². The maximum absolute atomic E-state index is 8.71. The first kappa shape index (κ1) is 15.6. The van der Waals surface area contributed by atoms with Gasteiger partial charge in [-0.3, -0.25) is 4.90 Å². The van der Waals surface area contributed by atoms with Crippen LogP contribution >= 0.6 is 11.3 Å². The molecule has 1 N–H and O–H groups in total. The van der Waals surface area contributed by atoms with Gasteiger partial charge in [0.25, 0.3) is 0 Å². The average Bonchev–Trinajstić information content (AvgIpc) is 2.94. The number of aliphatic hydroxyl groups excluding tert-OH is 1. The average molecular weight is 291 g/mol. The molecule has 20 heavy (non-hydrogen) atoms. The van der Waals surface area contributed by atoms with Gasteiger partial charge in [0.1, 0.15) is 6.61 Å². The van der Waals surface area contributed by atoms with E-state index in [1.165, 1.54) is 43.6 Å². The van der Waals surface area contributed by atoms with E-state index in [4.69, 9.17) is 5.11 Å². The Labute approximate surface area is 126 Å². The molecular formula is C17H25NOS. The number of nitrogens with zero attached hydrogens (tertiary/aromatic N) is 1. The fraction of sp³-hybridized carbons (Fsp3) is 0.647. The van der Waals surface area contributed by atoms with E-state index >= 15 is 0 Å². The number of aliphatic hydroxyl groups is 1. The Bertz CT molecular complexity index is 469. The first-order chi connectivity index (χ1) is 9.71. The van der Waals surface area contributed by atoms with Crippen molar-refractivity contribution in [2.75, 3.05) is 19.7 Å². The van der Waals surface area contributed by atoms with Crippen LogP contribution in [0, 0.1) is 17.3 Å². The van der Waals surface area contributed by atoms with Gasteiger partial charge in [-0.2, -0.15) is 0 Å². The third-order valence-corrected chi connectivity index (χ3v) is 5.68. The van der Waals surface area contributed by atoms with Gasteiger partial charge < -0.3 is 5.11 Å². The number of piperidine rings is 1. The van der Waals surface area contributed by atoms with Crippen LogP contribution in [0.15, 0.2) is 11.4 Å². The molecule has 1 aliphatic rings. The van der Waals surface area contributed by atoms with Gasteiger partial charge in [-0.05, 0) is 37.4 Å². The van der Waals surface area contributed by atoms with Crippen molar-refractivity contribution >= 4 is 11.3 Å². The first-order valence-corrected chi connectivity index (χ1v) is 8.49. The van der Waals surface area contributed by atoms with E-state index in [1.54, 1.807) is 11.3 Å². The third-order valence-electron chi connectivity index (χ3n) is 4.76. The Balaban J connectivity index is 1.88. The van der Waals surface area contributed by atoms with Crippen LogP contribution in [0.4, 0.5) is 0 Å². The molecule has 0 saturated carbocycles. The molecule has 1 aliphatic heterocycles. The number of likely N-dealkylation sites (tertiary alicyclic amines) is 1. The van der Waals surface area contributed by atoms with Gasteiger partial charge in [0.15, 0.2) is 0 Å². The summed E-state index contributed by atoms with van der Waals surface area (Å²) in [5.41, 5.74) is 1.64. The summed E-state index contributed by atoms with van der Waals surface area (Å²) in [6.07, 6.45) is 5.31. The molecule has 3 heteroatoms. The highest BCUT2D eigenvalue weighted by atomic mass is 32.1. The summed E-state index contributed by atoms with van der Waals surface area (Å²) in [7, 11) is 0. The van der Waals surface area contributed by atoms with Crippen LogP contribution in [-0.2, 0) is 6.54 Å². The van der Waals surface area contributed by atoms with E-state index in [9.17, 15) is 0 Å². The molecule has 0 bridgehead atoms. The van der Waals surface area contributed by atoms with Gasteiger partial charge >= 0.3 is 0 Å². The van der Waals surface area contributed by atoms with E-state index in [2.05, 4.69) is 42.0 Å². The summed E-state index contributed by atoms with van der Waals surface area (Å²) in [5.74, 6) is 5.68. The zero-order valence-corrected chi connectivity index (χ0v) is 13.4. The normalized spacial score (nSPS) is 18.6. The van der Waals surface area contributed by atoms with E-state index < -0.39 is 0 Å². The molecule has 1 aromatic rings. The third kappa shape index (κ3) is 3.85.